The maximum absolute atomic E-state index is 11.6. The van der Waals surface area contributed by atoms with E-state index in [-0.39, 0.29) is 9.79 Å². The van der Waals surface area contributed by atoms with Crippen LogP contribution in [0.3, 0.4) is 0 Å². The van der Waals surface area contributed by atoms with Gasteiger partial charge in [-0.05, 0) is 177 Å². The van der Waals surface area contributed by atoms with Gasteiger partial charge in [-0.25, -0.2) is 65.5 Å². The highest BCUT2D eigenvalue weighted by Crippen LogP contribution is 2.35. The molecule has 0 saturated heterocycles. The van der Waals surface area contributed by atoms with Gasteiger partial charge in [-0.3, -0.25) is 29.6 Å². The molecule has 11 aromatic heterocycles. The highest BCUT2D eigenvalue weighted by atomic mass is 32.2. The van der Waals surface area contributed by atoms with Gasteiger partial charge in [0.25, 0.3) is 0 Å². The summed E-state index contributed by atoms with van der Waals surface area (Å²) in [5, 5.41) is 16.0. The highest BCUT2D eigenvalue weighted by molar-refractivity contribution is 7.92. The largest absolute Gasteiger partial charge is 0.488 e. The summed E-state index contributed by atoms with van der Waals surface area (Å²) in [6.07, 6.45) is 23.5. The third-order valence-corrected chi connectivity index (χ3v) is 32.8. The first-order valence-corrected chi connectivity index (χ1v) is 59.9. The second-order valence-corrected chi connectivity index (χ2v) is 49.8. The van der Waals surface area contributed by atoms with Crippen LogP contribution in [-0.2, 0) is 111 Å². The van der Waals surface area contributed by atoms with Gasteiger partial charge in [-0.1, -0.05) is 140 Å². The maximum atomic E-state index is 11.6. The Morgan fingerprint density at radius 1 is 0.329 bits per heavy atom. The molecule has 2 aliphatic heterocycles. The zero-order chi connectivity index (χ0) is 103. The number of anilines is 3. The van der Waals surface area contributed by atoms with E-state index in [1.165, 1.54) is 86.6 Å². The fraction of sp³-hybridized carbons (Fsp3) is 0.140. The molecular formula is C107H96N14O15S10. The zero-order valence-electron chi connectivity index (χ0n) is 79.4. The maximum Gasteiger partial charge on any atom is 0.232 e. The van der Waals surface area contributed by atoms with Crippen LogP contribution in [0.5, 0.6) is 23.3 Å². The molecule has 8 aromatic carbocycles. The van der Waals surface area contributed by atoms with Crippen molar-refractivity contribution in [3.8, 4) is 79.4 Å². The Labute approximate surface area is 863 Å². The van der Waals surface area contributed by atoms with E-state index in [1.807, 2.05) is 112 Å². The standard InChI is InChI=1S/2C19H17N3O2S.C18H15N3O2S2.2C17H16N2O3S2.C17H15NO3S2/c2*1-25(23,24)17-8-6-14(7-9-17)18-10-20-11-19(21-18)22-12-15-4-2-3-5-16(15)13-22;1-25(22,23)16-6-4-13(5-7-16)14-9-17-18(19-10-14)12-21(20-17)11-15-3-2-8-24-15;1-24(20,21)15-9-7-13(8-10-15)22-17-6-2-5-16(19-17)18-12-14-4-3-11-23-14;1-24(20,21)15-6-4-13(5-7-15)16-11-18-12-17(19-16)22-9-8-14-3-2-10-23-14;1-23(19,20)16-6-4-13(5-7-16)17-11-14(8-9-18-17)21-12-15-3-2-10-22-15/h2*2-11H,12-13H2,1H3;2-10,12H,11H2,1H3;2-11H,12H2,1H3,(H,18,19);2-7,10-12H,8-9H2,1H3;2-11H,12H2,1H3. The first kappa shape index (κ1) is 104. The van der Waals surface area contributed by atoms with Crippen LogP contribution in [0.1, 0.15) is 41.8 Å². The summed E-state index contributed by atoms with van der Waals surface area (Å²) in [4.78, 5) is 50.8. The Morgan fingerprint density at radius 3 is 1.18 bits per heavy atom. The molecule has 0 spiro atoms. The Morgan fingerprint density at radius 2 is 0.740 bits per heavy atom. The fourth-order valence-corrected chi connectivity index (χ4v) is 21.4. The Kier molecular flexibility index (Phi) is 33.5. The van der Waals surface area contributed by atoms with Crippen LogP contribution in [-0.4, -0.2) is 149 Å². The summed E-state index contributed by atoms with van der Waals surface area (Å²) in [7, 11) is -19.2. The van der Waals surface area contributed by atoms with Crippen molar-refractivity contribution in [3.05, 3.63) is 398 Å². The van der Waals surface area contributed by atoms with Crippen molar-refractivity contribution in [3.63, 3.8) is 0 Å². The van der Waals surface area contributed by atoms with Crippen molar-refractivity contribution in [2.24, 2.45) is 0 Å². The van der Waals surface area contributed by atoms with Crippen molar-refractivity contribution < 1.29 is 64.7 Å². The van der Waals surface area contributed by atoms with E-state index in [0.29, 0.717) is 68.4 Å². The molecule has 0 atom stereocenters. The number of ether oxygens (including phenoxy) is 3. The van der Waals surface area contributed by atoms with E-state index in [4.69, 9.17) is 24.2 Å². The van der Waals surface area contributed by atoms with E-state index in [1.54, 1.807) is 234 Å². The van der Waals surface area contributed by atoms with Crippen molar-refractivity contribution in [1.29, 1.82) is 0 Å². The molecule has 0 aliphatic carbocycles. The quantitative estimate of drug-likeness (QED) is 0.0499. The number of aromatic nitrogens is 11. The van der Waals surface area contributed by atoms with Gasteiger partial charge in [0.2, 0.25) is 11.8 Å². The number of rotatable bonds is 27. The normalized spacial score (nSPS) is 12.2. The second kappa shape index (κ2) is 46.9. The van der Waals surface area contributed by atoms with Crippen molar-refractivity contribution >= 4 is 133 Å². The molecule has 39 heteroatoms. The minimum atomic E-state index is -3.21. The van der Waals surface area contributed by atoms with Crippen LogP contribution in [0.25, 0.3) is 67.2 Å². The van der Waals surface area contributed by atoms with E-state index >= 15 is 0 Å². The predicted molar refractivity (Wildman–Crippen MR) is 574 cm³/mol. The summed E-state index contributed by atoms with van der Waals surface area (Å²) < 4.78 is 157. The minimum absolute atomic E-state index is 0.258. The van der Waals surface area contributed by atoms with Crippen molar-refractivity contribution in [2.75, 3.05) is 59.3 Å². The fourth-order valence-electron chi connectivity index (χ4n) is 14.9. The van der Waals surface area contributed by atoms with Crippen LogP contribution in [0, 0.1) is 0 Å². The van der Waals surface area contributed by atoms with Gasteiger partial charge in [0, 0.05) is 142 Å². The van der Waals surface area contributed by atoms with Crippen LogP contribution in [0.4, 0.5) is 17.5 Å². The minimum Gasteiger partial charge on any atom is -0.488 e. The van der Waals surface area contributed by atoms with E-state index in [2.05, 4.69) is 103 Å². The van der Waals surface area contributed by atoms with Gasteiger partial charge in [-0.2, -0.15) is 10.1 Å². The number of nitrogens with zero attached hydrogens (tertiary/aromatic N) is 13. The Balaban J connectivity index is 0.000000125. The zero-order valence-corrected chi connectivity index (χ0v) is 87.6. The molecule has 146 heavy (non-hydrogen) atoms. The summed E-state index contributed by atoms with van der Waals surface area (Å²) in [5.41, 5.74) is 14.9. The number of hydrogen-bond acceptors (Lipinski definition) is 32. The molecule has 2 aliphatic rings. The summed E-state index contributed by atoms with van der Waals surface area (Å²) in [6.45, 7) is 5.77. The summed E-state index contributed by atoms with van der Waals surface area (Å²) >= 11 is 6.73. The number of nitrogens with one attached hydrogen (secondary N) is 1. The van der Waals surface area contributed by atoms with Gasteiger partial charge < -0.3 is 29.3 Å². The molecule has 744 valence electrons. The Bertz CT molecular complexity index is 8230. The van der Waals surface area contributed by atoms with Crippen LogP contribution >= 0.6 is 45.3 Å². The molecule has 1 N–H and O–H groups in total. The molecule has 0 saturated carbocycles. The monoisotopic (exact) mass is 2140 g/mol. The predicted octanol–water partition coefficient (Wildman–Crippen LogP) is 20.7. The Hall–Kier alpha value is -14.8. The number of pyridine rings is 3. The lowest BCUT2D eigenvalue weighted by molar-refractivity contribution is 0.309. The number of sulfone groups is 6. The molecule has 0 radical (unpaired) electrons. The first-order valence-electron chi connectivity index (χ1n) is 45.0. The van der Waals surface area contributed by atoms with E-state index in [9.17, 15) is 50.5 Å². The highest BCUT2D eigenvalue weighted by Gasteiger charge is 2.24. The summed E-state index contributed by atoms with van der Waals surface area (Å²) in [6, 6.07) is 83.9. The molecule has 0 bridgehead atoms. The third kappa shape index (κ3) is 29.1. The van der Waals surface area contributed by atoms with Gasteiger partial charge in [0.05, 0.1) is 115 Å². The van der Waals surface area contributed by atoms with Gasteiger partial charge in [-0.15, -0.1) is 45.3 Å². The lowest BCUT2D eigenvalue weighted by Crippen LogP contribution is -2.16. The summed E-state index contributed by atoms with van der Waals surface area (Å²) in [5.74, 6) is 4.52. The lowest BCUT2D eigenvalue weighted by atomic mass is 10.1. The molecule has 21 rings (SSSR count). The molecular weight excluding hydrogens is 2040 g/mol. The first-order chi connectivity index (χ1) is 70.0. The molecule has 0 unspecified atom stereocenters. The number of hydrogen-bond donors (Lipinski definition) is 1. The van der Waals surface area contributed by atoms with Gasteiger partial charge in [0.1, 0.15) is 46.6 Å². The average molecular weight is 2140 g/mol. The average Bonchev–Trinajstić information content (AvgIpc) is 1.66. The molecule has 13 heterocycles. The number of thiophene rings is 4. The van der Waals surface area contributed by atoms with Crippen LogP contribution in [0.15, 0.2) is 386 Å². The van der Waals surface area contributed by atoms with Crippen LogP contribution < -0.4 is 29.3 Å². The molecule has 19 aromatic rings. The molecule has 29 nitrogen and oxygen atoms in total. The van der Waals surface area contributed by atoms with Crippen molar-refractivity contribution in [1.82, 2.24) is 54.6 Å². The number of fused-ring (bicyclic) bond motifs is 3. The lowest BCUT2D eigenvalue weighted by Gasteiger charge is -2.16. The third-order valence-electron chi connectivity index (χ3n) is 22.5. The van der Waals surface area contributed by atoms with E-state index < -0.39 is 59.0 Å². The smallest absolute Gasteiger partial charge is 0.232 e. The van der Waals surface area contributed by atoms with Gasteiger partial charge >= 0.3 is 0 Å². The SMILES string of the molecule is CS(=O)(=O)c1ccc(-c2cc(OCc3cccs3)ccn2)cc1.CS(=O)(=O)c1ccc(-c2cnc3cn(Cc4cccs4)nc3c2)cc1.CS(=O)(=O)c1ccc(-c2cncc(N3Cc4ccccc4C3)n2)cc1.CS(=O)(=O)c1ccc(-c2cncc(N3Cc4ccccc4C3)n2)cc1.CS(=O)(=O)c1ccc(-c2cncc(OCCc3cccs3)n2)cc1.CS(=O)(=O)c1ccc(Oc2cccc(NCc3cccs3)n2)cc1. The van der Waals surface area contributed by atoms with Crippen LogP contribution in [0.2, 0.25) is 0 Å². The van der Waals surface area contributed by atoms with E-state index in [0.717, 1.165) is 123 Å². The second-order valence-electron chi connectivity index (χ2n) is 33.6. The number of benzene rings is 8. The van der Waals surface area contributed by atoms with Gasteiger partial charge in [0.15, 0.2) is 59.0 Å². The molecule has 0 fully saturated rings. The molecule has 0 amide bonds. The topological polar surface area (TPSA) is 385 Å². The van der Waals surface area contributed by atoms with Crippen molar-refractivity contribution in [2.45, 2.75) is 81.7 Å².